The van der Waals surface area contributed by atoms with E-state index in [1.807, 2.05) is 22.8 Å². The number of fused-ring (bicyclic) bond motifs is 1. The van der Waals surface area contributed by atoms with Crippen LogP contribution in [0.15, 0.2) is 60.1 Å². The number of hydrogen-bond acceptors (Lipinski definition) is 3. The second-order valence-electron chi connectivity index (χ2n) is 5.54. The first-order valence-electron chi connectivity index (χ1n) is 7.85. The van der Waals surface area contributed by atoms with Crippen molar-refractivity contribution in [2.45, 2.75) is 13.5 Å². The van der Waals surface area contributed by atoms with Gasteiger partial charge in [0.05, 0.1) is 20.8 Å². The predicted molar refractivity (Wildman–Crippen MR) is 106 cm³/mol. The molecule has 0 spiro atoms. The van der Waals surface area contributed by atoms with Crippen LogP contribution in [0.1, 0.15) is 17.3 Å². The third kappa shape index (κ3) is 3.76. The predicted octanol–water partition coefficient (Wildman–Crippen LogP) is 4.24. The van der Waals surface area contributed by atoms with Gasteiger partial charge in [0.2, 0.25) is 5.91 Å². The third-order valence-electron chi connectivity index (χ3n) is 3.62. The Kier molecular flexibility index (Phi) is 5.35. The number of hydrogen-bond donors (Lipinski definition) is 1. The number of nitrogens with one attached hydrogen (secondary N) is 1. The molecule has 1 aromatic heterocycles. The highest BCUT2D eigenvalue weighted by Gasteiger charge is 2.11. The normalized spacial score (nSPS) is 11.5. The molecule has 7 heteroatoms. The zero-order valence-electron chi connectivity index (χ0n) is 14.0. The Morgan fingerprint density at radius 3 is 2.77 bits per heavy atom. The average Bonchev–Trinajstić information content (AvgIpc) is 2.91. The molecule has 132 valence electrons. The van der Waals surface area contributed by atoms with Crippen LogP contribution in [0, 0.1) is 0 Å². The monoisotopic (exact) mass is 385 g/mol. The summed E-state index contributed by atoms with van der Waals surface area (Å²) in [5.74, 6) is -0.541. The lowest BCUT2D eigenvalue weighted by Gasteiger charge is -2.04. The van der Waals surface area contributed by atoms with Crippen molar-refractivity contribution in [3.8, 4) is 0 Å². The van der Waals surface area contributed by atoms with Crippen molar-refractivity contribution < 1.29 is 9.59 Å². The zero-order valence-corrected chi connectivity index (χ0v) is 15.6. The Balaban J connectivity index is 2.13. The number of aromatic nitrogens is 1. The molecule has 0 saturated carbocycles. The van der Waals surface area contributed by atoms with E-state index >= 15 is 0 Å². The van der Waals surface area contributed by atoms with E-state index in [1.54, 1.807) is 30.3 Å². The highest BCUT2D eigenvalue weighted by Crippen LogP contribution is 2.22. The van der Waals surface area contributed by atoms with Gasteiger partial charge < -0.3 is 9.88 Å². The van der Waals surface area contributed by atoms with Crippen molar-refractivity contribution in [2.75, 3.05) is 5.32 Å². The number of nitrogens with zero attached hydrogens (tertiary/aromatic N) is 2. The van der Waals surface area contributed by atoms with Gasteiger partial charge in [0.25, 0.3) is 5.91 Å². The summed E-state index contributed by atoms with van der Waals surface area (Å²) < 4.78 is 2.81. The van der Waals surface area contributed by atoms with Crippen LogP contribution in [0.2, 0.25) is 5.02 Å². The summed E-state index contributed by atoms with van der Waals surface area (Å²) in [5.41, 5.74) is 1.96. The topological polar surface area (TPSA) is 63.5 Å². The van der Waals surface area contributed by atoms with Crippen LogP contribution in [0.4, 0.5) is 5.69 Å². The van der Waals surface area contributed by atoms with Gasteiger partial charge in [0.15, 0.2) is 4.80 Å². The molecule has 0 radical (unpaired) electrons. The van der Waals surface area contributed by atoms with Gasteiger partial charge >= 0.3 is 0 Å². The third-order valence-corrected chi connectivity index (χ3v) is 4.99. The molecule has 1 heterocycles. The van der Waals surface area contributed by atoms with Crippen LogP contribution in [0.3, 0.4) is 0 Å². The van der Waals surface area contributed by atoms with Crippen LogP contribution < -0.4 is 10.1 Å². The number of benzene rings is 2. The number of carbonyl (C=O) groups is 2. The van der Waals surface area contributed by atoms with Crippen LogP contribution in [-0.4, -0.2) is 16.4 Å². The van der Waals surface area contributed by atoms with Crippen molar-refractivity contribution in [3.05, 3.63) is 70.5 Å². The van der Waals surface area contributed by atoms with E-state index in [2.05, 4.69) is 16.9 Å². The summed E-state index contributed by atoms with van der Waals surface area (Å²) in [6, 6.07) is 12.4. The maximum atomic E-state index is 12.5. The fraction of sp³-hybridized carbons (Fsp3) is 0.105. The highest BCUT2D eigenvalue weighted by molar-refractivity contribution is 7.16. The molecule has 0 bridgehead atoms. The van der Waals surface area contributed by atoms with Crippen LogP contribution in [0.25, 0.3) is 10.2 Å². The quantitative estimate of drug-likeness (QED) is 0.682. The standard InChI is InChI=1S/C19H16ClN3O2S/c1-3-10-23-16-9-8-13(21-12(2)24)11-17(16)26-19(23)22-18(25)14-6-4-5-7-15(14)20/h3-9,11H,1,10H2,2H3,(H,21,24). The summed E-state index contributed by atoms with van der Waals surface area (Å²) in [4.78, 5) is 28.6. The fourth-order valence-electron chi connectivity index (χ4n) is 2.53. The molecular formula is C19H16ClN3O2S. The second-order valence-corrected chi connectivity index (χ2v) is 6.96. The van der Waals surface area contributed by atoms with Crippen molar-refractivity contribution in [2.24, 2.45) is 4.99 Å². The van der Waals surface area contributed by atoms with E-state index in [0.717, 1.165) is 10.2 Å². The molecule has 0 atom stereocenters. The number of amides is 2. The molecule has 2 amide bonds. The Labute approximate surface area is 159 Å². The lowest BCUT2D eigenvalue weighted by Crippen LogP contribution is -2.16. The second kappa shape index (κ2) is 7.68. The lowest BCUT2D eigenvalue weighted by molar-refractivity contribution is -0.114. The molecule has 2 aromatic carbocycles. The van der Waals surface area contributed by atoms with Crippen LogP contribution in [-0.2, 0) is 11.3 Å². The van der Waals surface area contributed by atoms with Gasteiger partial charge in [-0.1, -0.05) is 41.1 Å². The zero-order chi connectivity index (χ0) is 18.7. The van der Waals surface area contributed by atoms with E-state index in [1.165, 1.54) is 18.3 Å². The summed E-state index contributed by atoms with van der Waals surface area (Å²) >= 11 is 7.46. The van der Waals surface area contributed by atoms with Gasteiger partial charge in [0, 0.05) is 19.2 Å². The molecule has 0 aliphatic heterocycles. The van der Waals surface area contributed by atoms with Crippen molar-refractivity contribution in [1.82, 2.24) is 4.57 Å². The minimum absolute atomic E-state index is 0.140. The summed E-state index contributed by atoms with van der Waals surface area (Å²) in [5, 5.41) is 3.12. The van der Waals surface area contributed by atoms with Gasteiger partial charge in [-0.15, -0.1) is 6.58 Å². The fourth-order valence-corrected chi connectivity index (χ4v) is 3.82. The Morgan fingerprint density at radius 2 is 2.08 bits per heavy atom. The Hall–Kier alpha value is -2.70. The number of carbonyl (C=O) groups excluding carboxylic acids is 2. The molecule has 0 saturated heterocycles. The SMILES string of the molecule is C=CCn1c(=NC(=O)c2ccccc2Cl)sc2cc(NC(C)=O)ccc21. The lowest BCUT2D eigenvalue weighted by atomic mass is 10.2. The van der Waals surface area contributed by atoms with Crippen LogP contribution >= 0.6 is 22.9 Å². The van der Waals surface area contributed by atoms with Crippen molar-refractivity contribution >= 4 is 50.7 Å². The van der Waals surface area contributed by atoms with Crippen molar-refractivity contribution in [3.63, 3.8) is 0 Å². The van der Waals surface area contributed by atoms with E-state index in [4.69, 9.17) is 11.6 Å². The minimum atomic E-state index is -0.401. The first kappa shape index (κ1) is 18.1. The summed E-state index contributed by atoms with van der Waals surface area (Å²) in [6.45, 7) is 5.74. The number of rotatable bonds is 4. The molecule has 3 aromatic rings. The Morgan fingerprint density at radius 1 is 1.31 bits per heavy atom. The Bertz CT molecular complexity index is 1080. The molecule has 0 unspecified atom stereocenters. The first-order chi connectivity index (χ1) is 12.5. The van der Waals surface area contributed by atoms with E-state index in [-0.39, 0.29) is 5.91 Å². The smallest absolute Gasteiger partial charge is 0.281 e. The molecule has 0 fully saturated rings. The molecule has 26 heavy (non-hydrogen) atoms. The van der Waals surface area contributed by atoms with Gasteiger partial charge in [-0.05, 0) is 30.3 Å². The maximum Gasteiger partial charge on any atom is 0.281 e. The maximum absolute atomic E-state index is 12.5. The van der Waals surface area contributed by atoms with Crippen molar-refractivity contribution in [1.29, 1.82) is 0 Å². The molecule has 1 N–H and O–H groups in total. The molecule has 3 rings (SSSR count). The van der Waals surface area contributed by atoms with Crippen LogP contribution in [0.5, 0.6) is 0 Å². The molecule has 0 aliphatic carbocycles. The molecule has 0 aliphatic rings. The molecular weight excluding hydrogens is 370 g/mol. The average molecular weight is 386 g/mol. The highest BCUT2D eigenvalue weighted by atomic mass is 35.5. The first-order valence-corrected chi connectivity index (χ1v) is 9.04. The largest absolute Gasteiger partial charge is 0.326 e. The summed E-state index contributed by atoms with van der Waals surface area (Å²) in [6.07, 6.45) is 1.74. The van der Waals surface area contributed by atoms with E-state index in [9.17, 15) is 9.59 Å². The number of allylic oxidation sites excluding steroid dienone is 1. The summed E-state index contributed by atoms with van der Waals surface area (Å²) in [7, 11) is 0. The van der Waals surface area contributed by atoms with Gasteiger partial charge in [0.1, 0.15) is 0 Å². The number of anilines is 1. The number of halogens is 1. The van der Waals surface area contributed by atoms with E-state index < -0.39 is 5.91 Å². The minimum Gasteiger partial charge on any atom is -0.326 e. The van der Waals surface area contributed by atoms with Gasteiger partial charge in [-0.3, -0.25) is 9.59 Å². The van der Waals surface area contributed by atoms with Gasteiger partial charge in [-0.2, -0.15) is 4.99 Å². The van der Waals surface area contributed by atoms with Gasteiger partial charge in [-0.25, -0.2) is 0 Å². The number of thiazole rings is 1. The van der Waals surface area contributed by atoms with E-state index in [0.29, 0.717) is 27.6 Å². The molecule has 5 nitrogen and oxygen atoms in total.